The second-order valence-corrected chi connectivity index (χ2v) is 8.90. The Morgan fingerprint density at radius 2 is 1.74 bits per heavy atom. The minimum atomic E-state index is -5.15. The van der Waals surface area contributed by atoms with E-state index in [0.717, 1.165) is 0 Å². The Morgan fingerprint density at radius 3 is 2.34 bits per heavy atom. The Kier molecular flexibility index (Phi) is 8.83. The SMILES string of the molecule is NCC(O)c1ccc(O[C@@H]2O[C@H](COC(=O)c3ccccc3N)[C@@H](O)[C@H](OP(=O)(O)O)[C@H]2O)cc1. The molecular formula is C21H27N2O11P. The molecule has 3 rings (SSSR count). The fourth-order valence-electron chi connectivity index (χ4n) is 3.38. The summed E-state index contributed by atoms with van der Waals surface area (Å²) < 4.78 is 32.3. The minimum absolute atomic E-state index is 0.00102. The van der Waals surface area contributed by atoms with E-state index in [1.807, 2.05) is 0 Å². The van der Waals surface area contributed by atoms with Crippen LogP contribution in [0.4, 0.5) is 5.69 Å². The number of carbonyl (C=O) groups is 1. The second kappa shape index (κ2) is 11.4. The molecule has 1 heterocycles. The van der Waals surface area contributed by atoms with Crippen LogP contribution in [-0.4, -0.2) is 74.9 Å². The number of benzene rings is 2. The Labute approximate surface area is 200 Å². The third-order valence-corrected chi connectivity index (χ3v) is 5.72. The van der Waals surface area contributed by atoms with Crippen LogP contribution in [0.15, 0.2) is 48.5 Å². The van der Waals surface area contributed by atoms with Crippen molar-refractivity contribution in [2.45, 2.75) is 36.8 Å². The number of esters is 1. The van der Waals surface area contributed by atoms with Crippen molar-refractivity contribution in [3.63, 3.8) is 0 Å². The van der Waals surface area contributed by atoms with Crippen molar-refractivity contribution in [1.29, 1.82) is 0 Å². The number of carbonyl (C=O) groups excluding carboxylic acids is 1. The van der Waals surface area contributed by atoms with Crippen molar-refractivity contribution in [1.82, 2.24) is 0 Å². The molecular weight excluding hydrogens is 487 g/mol. The van der Waals surface area contributed by atoms with Gasteiger partial charge in [-0.2, -0.15) is 0 Å². The van der Waals surface area contributed by atoms with E-state index in [9.17, 15) is 34.5 Å². The summed E-state index contributed by atoms with van der Waals surface area (Å²) >= 11 is 0. The molecule has 0 spiro atoms. The van der Waals surface area contributed by atoms with Crippen molar-refractivity contribution in [3.8, 4) is 5.75 Å². The van der Waals surface area contributed by atoms with Gasteiger partial charge in [-0.3, -0.25) is 4.52 Å². The van der Waals surface area contributed by atoms with Gasteiger partial charge in [-0.1, -0.05) is 24.3 Å². The number of aliphatic hydroxyl groups is 3. The lowest BCUT2D eigenvalue weighted by Crippen LogP contribution is -2.61. The number of nitrogen functional groups attached to an aromatic ring is 1. The van der Waals surface area contributed by atoms with E-state index in [1.165, 1.54) is 36.4 Å². The summed E-state index contributed by atoms with van der Waals surface area (Å²) in [6, 6.07) is 12.0. The number of aliphatic hydroxyl groups excluding tert-OH is 3. The van der Waals surface area contributed by atoms with E-state index in [-0.39, 0.29) is 23.5 Å². The molecule has 14 heteroatoms. The zero-order valence-corrected chi connectivity index (χ0v) is 19.2. The third-order valence-electron chi connectivity index (χ3n) is 5.20. The summed E-state index contributed by atoms with van der Waals surface area (Å²) in [6.45, 7) is -0.581. The van der Waals surface area contributed by atoms with Gasteiger partial charge in [0.1, 0.15) is 36.8 Å². The van der Waals surface area contributed by atoms with E-state index >= 15 is 0 Å². The topological polar surface area (TPSA) is 224 Å². The van der Waals surface area contributed by atoms with Crippen molar-refractivity contribution >= 4 is 19.5 Å². The number of phosphoric ester groups is 1. The van der Waals surface area contributed by atoms with E-state index in [1.54, 1.807) is 12.1 Å². The molecule has 0 bridgehead atoms. The molecule has 0 amide bonds. The van der Waals surface area contributed by atoms with E-state index in [4.69, 9.17) is 25.7 Å². The zero-order valence-electron chi connectivity index (χ0n) is 18.3. The molecule has 1 fully saturated rings. The van der Waals surface area contributed by atoms with Gasteiger partial charge in [0.05, 0.1) is 11.7 Å². The molecule has 1 aliphatic rings. The Bertz CT molecular complexity index is 1050. The maximum absolute atomic E-state index is 12.4. The van der Waals surface area contributed by atoms with Crippen LogP contribution < -0.4 is 16.2 Å². The molecule has 0 radical (unpaired) electrons. The molecule has 9 N–H and O–H groups in total. The molecule has 2 aromatic carbocycles. The number of ether oxygens (including phenoxy) is 3. The molecule has 1 aliphatic heterocycles. The van der Waals surface area contributed by atoms with Crippen LogP contribution in [-0.2, 0) is 18.6 Å². The largest absolute Gasteiger partial charge is 0.470 e. The normalized spacial score (nSPS) is 25.6. The second-order valence-electron chi connectivity index (χ2n) is 7.71. The first-order valence-electron chi connectivity index (χ1n) is 10.4. The van der Waals surface area contributed by atoms with Crippen LogP contribution >= 0.6 is 7.82 Å². The van der Waals surface area contributed by atoms with Gasteiger partial charge < -0.3 is 50.8 Å². The highest BCUT2D eigenvalue weighted by molar-refractivity contribution is 7.46. The molecule has 0 saturated carbocycles. The van der Waals surface area contributed by atoms with Gasteiger partial charge in [-0.25, -0.2) is 9.36 Å². The van der Waals surface area contributed by atoms with E-state index in [2.05, 4.69) is 4.52 Å². The number of nitrogens with two attached hydrogens (primary N) is 2. The number of anilines is 1. The maximum Gasteiger partial charge on any atom is 0.470 e. The summed E-state index contributed by atoms with van der Waals surface area (Å²) in [5.41, 5.74) is 11.9. The van der Waals surface area contributed by atoms with Gasteiger partial charge in [-0.05, 0) is 29.8 Å². The summed E-state index contributed by atoms with van der Waals surface area (Å²) in [6.07, 6.45) is -9.37. The van der Waals surface area contributed by atoms with Crippen molar-refractivity contribution in [2.24, 2.45) is 5.73 Å². The molecule has 192 valence electrons. The Hall–Kier alpha value is -2.58. The molecule has 2 aromatic rings. The van der Waals surface area contributed by atoms with Gasteiger partial charge in [-0.15, -0.1) is 0 Å². The standard InChI is InChI=1S/C21H27N2O11P/c22-9-15(24)11-5-7-12(8-6-11)32-21-18(26)19(34-35(28,29)30)17(25)16(33-21)10-31-20(27)13-3-1-2-4-14(13)23/h1-8,15-19,21,24-26H,9-10,22-23H2,(H2,28,29,30)/t15?,16-,17-,18-,19+,21-/m1/s1. The van der Waals surface area contributed by atoms with Gasteiger partial charge in [0.15, 0.2) is 0 Å². The number of hydrogen-bond acceptors (Lipinski definition) is 11. The van der Waals surface area contributed by atoms with Crippen molar-refractivity contribution in [2.75, 3.05) is 18.9 Å². The molecule has 0 aromatic heterocycles. The lowest BCUT2D eigenvalue weighted by Gasteiger charge is -2.41. The summed E-state index contributed by atoms with van der Waals surface area (Å²) in [5.74, 6) is -0.676. The van der Waals surface area contributed by atoms with Crippen LogP contribution in [0, 0.1) is 0 Å². The molecule has 6 atom stereocenters. The van der Waals surface area contributed by atoms with Gasteiger partial charge in [0.2, 0.25) is 6.29 Å². The fourth-order valence-corrected chi connectivity index (χ4v) is 3.94. The first-order valence-corrected chi connectivity index (χ1v) is 11.9. The highest BCUT2D eigenvalue weighted by Crippen LogP contribution is 2.41. The molecule has 1 unspecified atom stereocenters. The summed E-state index contributed by atoms with van der Waals surface area (Å²) in [7, 11) is -5.15. The van der Waals surface area contributed by atoms with Crippen LogP contribution in [0.2, 0.25) is 0 Å². The van der Waals surface area contributed by atoms with Crippen molar-refractivity contribution in [3.05, 3.63) is 59.7 Å². The molecule has 35 heavy (non-hydrogen) atoms. The summed E-state index contributed by atoms with van der Waals surface area (Å²) in [4.78, 5) is 30.8. The zero-order chi connectivity index (χ0) is 25.8. The smallest absolute Gasteiger partial charge is 0.462 e. The average molecular weight is 514 g/mol. The quantitative estimate of drug-likeness (QED) is 0.126. The number of para-hydroxylation sites is 1. The van der Waals surface area contributed by atoms with E-state index < -0.39 is 57.2 Å². The number of hydrogen-bond donors (Lipinski definition) is 7. The number of phosphoric acid groups is 1. The monoisotopic (exact) mass is 514 g/mol. The predicted octanol–water partition coefficient (Wildman–Crippen LogP) is -0.579. The Morgan fingerprint density at radius 1 is 1.09 bits per heavy atom. The lowest BCUT2D eigenvalue weighted by molar-refractivity contribution is -0.274. The van der Waals surface area contributed by atoms with E-state index in [0.29, 0.717) is 5.56 Å². The highest BCUT2D eigenvalue weighted by atomic mass is 31.2. The van der Waals surface area contributed by atoms with Crippen LogP contribution in [0.5, 0.6) is 5.75 Å². The van der Waals surface area contributed by atoms with Crippen LogP contribution in [0.25, 0.3) is 0 Å². The van der Waals surface area contributed by atoms with Crippen LogP contribution in [0.3, 0.4) is 0 Å². The van der Waals surface area contributed by atoms with Crippen LogP contribution in [0.1, 0.15) is 22.0 Å². The summed E-state index contributed by atoms with van der Waals surface area (Å²) in [5, 5.41) is 30.9. The van der Waals surface area contributed by atoms with Crippen molar-refractivity contribution < 1.29 is 53.2 Å². The van der Waals surface area contributed by atoms with Gasteiger partial charge >= 0.3 is 13.8 Å². The molecule has 0 aliphatic carbocycles. The third kappa shape index (κ3) is 6.98. The van der Waals surface area contributed by atoms with Gasteiger partial charge in [0, 0.05) is 12.2 Å². The fraction of sp³-hybridized carbons (Fsp3) is 0.381. The molecule has 13 nitrogen and oxygen atoms in total. The molecule has 1 saturated heterocycles. The highest BCUT2D eigenvalue weighted by Gasteiger charge is 2.49. The maximum atomic E-state index is 12.4. The predicted molar refractivity (Wildman–Crippen MR) is 120 cm³/mol. The average Bonchev–Trinajstić information content (AvgIpc) is 2.82. The van der Waals surface area contributed by atoms with Gasteiger partial charge in [0.25, 0.3) is 0 Å². The number of rotatable bonds is 9. The first-order chi connectivity index (χ1) is 16.5. The minimum Gasteiger partial charge on any atom is -0.462 e. The lowest BCUT2D eigenvalue weighted by atomic mass is 9.99. The Balaban J connectivity index is 1.76. The first kappa shape index (κ1) is 27.0.